The van der Waals surface area contributed by atoms with Crippen LogP contribution in [0.5, 0.6) is 0 Å². The summed E-state index contributed by atoms with van der Waals surface area (Å²) in [5, 5.41) is 9.86. The van der Waals surface area contributed by atoms with Crippen LogP contribution in [0.25, 0.3) is 0 Å². The summed E-state index contributed by atoms with van der Waals surface area (Å²) < 4.78 is 29.9. The van der Waals surface area contributed by atoms with E-state index in [0.29, 0.717) is 32.1 Å². The third-order valence-electron chi connectivity index (χ3n) is 16.6. The highest BCUT2D eigenvalue weighted by atomic mass is 32.2. The molecule has 330 valence electrons. The fourth-order valence-corrected chi connectivity index (χ4v) is 13.9. The number of nitrogens with zero attached hydrogens (tertiary/aromatic N) is 3. The lowest BCUT2D eigenvalue weighted by Gasteiger charge is -2.41. The van der Waals surface area contributed by atoms with Gasteiger partial charge in [0.25, 0.3) is 5.91 Å². The summed E-state index contributed by atoms with van der Waals surface area (Å²) in [7, 11) is -4.09. The van der Waals surface area contributed by atoms with E-state index in [2.05, 4.69) is 66.4 Å². The van der Waals surface area contributed by atoms with Crippen molar-refractivity contribution in [2.45, 2.75) is 174 Å². The first kappa shape index (κ1) is 44.1. The Labute approximate surface area is 353 Å². The molecule has 7 fully saturated rings. The van der Waals surface area contributed by atoms with Crippen LogP contribution in [0.15, 0.2) is 24.9 Å². The first-order chi connectivity index (χ1) is 27.7. The van der Waals surface area contributed by atoms with Gasteiger partial charge in [-0.05, 0) is 107 Å². The Morgan fingerprint density at radius 1 is 0.831 bits per heavy atom. The van der Waals surface area contributed by atoms with E-state index in [1.165, 1.54) is 4.31 Å². The minimum atomic E-state index is -4.09. The van der Waals surface area contributed by atoms with Crippen LogP contribution in [0.3, 0.4) is 0 Å². The zero-order chi connectivity index (χ0) is 42.9. The van der Waals surface area contributed by atoms with E-state index in [-0.39, 0.29) is 46.4 Å². The predicted octanol–water partition coefficient (Wildman–Crippen LogP) is 4.76. The largest absolute Gasteiger partial charge is 0.376 e. The van der Waals surface area contributed by atoms with Crippen LogP contribution in [0.2, 0.25) is 0 Å². The standard InChI is InChI=1S/C45H73N7O6S/c1-10-32-26-45(32,40(56)49-59(57,58)50-23-15-16-24-50)48-37(53)34-27-44(42(8,9)43(44)21-17-22-43)28-52(34)39(55)36(41(5,6)7)47-38(54)35(31-18-11-12-19-31)46-30(4)33-20-13-14-25-51(33)29(2)3/h10,29,31-36,46H,1,4,11-28H2,2-3,5-9H3,(H,47,54)(H,48,53)(H,49,56)/t32-,33+,34+,35?,36-,44?,45-/m1/s1. The third kappa shape index (κ3) is 7.46. The number of piperidine rings is 1. The van der Waals surface area contributed by atoms with Crippen molar-refractivity contribution in [3.8, 4) is 0 Å². The Morgan fingerprint density at radius 3 is 2.00 bits per heavy atom. The predicted molar refractivity (Wildman–Crippen MR) is 229 cm³/mol. The molecule has 7 atom stereocenters. The van der Waals surface area contributed by atoms with Crippen molar-refractivity contribution in [3.63, 3.8) is 0 Å². The molecule has 0 aromatic carbocycles. The van der Waals surface area contributed by atoms with Crippen LogP contribution >= 0.6 is 0 Å². The topological polar surface area (TPSA) is 160 Å². The maximum Gasteiger partial charge on any atom is 0.303 e. The fourth-order valence-electron chi connectivity index (χ4n) is 12.6. The fraction of sp³-hybridized carbons (Fsp3) is 0.822. The van der Waals surface area contributed by atoms with Gasteiger partial charge < -0.3 is 20.9 Å². The summed E-state index contributed by atoms with van der Waals surface area (Å²) in [5.41, 5.74) is -1.75. The smallest absolute Gasteiger partial charge is 0.303 e. The second-order valence-electron chi connectivity index (χ2n) is 21.2. The molecule has 14 heteroatoms. The Hall–Kier alpha value is -2.97. The van der Waals surface area contributed by atoms with Gasteiger partial charge in [-0.3, -0.25) is 24.1 Å². The van der Waals surface area contributed by atoms with Gasteiger partial charge in [0.05, 0.1) is 0 Å². The van der Waals surface area contributed by atoms with Gasteiger partial charge in [-0.1, -0.05) is 73.0 Å². The average molecular weight is 840 g/mol. The second kappa shape index (κ2) is 15.7. The summed E-state index contributed by atoms with van der Waals surface area (Å²) >= 11 is 0. The molecule has 0 aromatic heterocycles. The molecule has 3 saturated heterocycles. The van der Waals surface area contributed by atoms with E-state index in [4.69, 9.17) is 0 Å². The van der Waals surface area contributed by atoms with E-state index < -0.39 is 57.0 Å². The molecule has 0 bridgehead atoms. The van der Waals surface area contributed by atoms with Gasteiger partial charge in [-0.15, -0.1) is 6.58 Å². The molecule has 59 heavy (non-hydrogen) atoms. The average Bonchev–Trinajstić information content (AvgIpc) is 3.60. The highest BCUT2D eigenvalue weighted by Crippen LogP contribution is 2.88. The second-order valence-corrected chi connectivity index (χ2v) is 22.9. The maximum absolute atomic E-state index is 15.3. The number of hydrogen-bond donors (Lipinski definition) is 4. The number of nitrogens with one attached hydrogen (secondary N) is 4. The maximum atomic E-state index is 15.3. The van der Waals surface area contributed by atoms with E-state index in [1.807, 2.05) is 20.8 Å². The van der Waals surface area contributed by atoms with Gasteiger partial charge in [-0.25, -0.2) is 4.72 Å². The molecule has 2 spiro atoms. The van der Waals surface area contributed by atoms with Gasteiger partial charge in [0.1, 0.15) is 23.7 Å². The van der Waals surface area contributed by atoms with Crippen molar-refractivity contribution in [2.75, 3.05) is 26.2 Å². The van der Waals surface area contributed by atoms with E-state index in [9.17, 15) is 22.8 Å². The van der Waals surface area contributed by atoms with Crippen molar-refractivity contribution in [2.24, 2.45) is 33.5 Å². The van der Waals surface area contributed by atoms with E-state index >= 15 is 4.79 Å². The van der Waals surface area contributed by atoms with Crippen LogP contribution in [0.1, 0.15) is 138 Å². The van der Waals surface area contributed by atoms with Gasteiger partial charge in [-0.2, -0.15) is 12.7 Å². The van der Waals surface area contributed by atoms with Gasteiger partial charge >= 0.3 is 10.2 Å². The SMILES string of the molecule is C=C[C@@H]1C[C@]1(NC(=O)[C@@H]1CC2(CN1C(=O)[C@@H](NC(=O)C(NC(=C)[C@@H]1CCCCN1C(C)C)C1CCCC1)C(C)(C)C)C(C)(C)C21CCC1)C(=O)NS(=O)(=O)N1CCCC1. The molecule has 0 radical (unpaired) electrons. The van der Waals surface area contributed by atoms with Crippen molar-refractivity contribution in [3.05, 3.63) is 24.9 Å². The molecule has 4 amide bonds. The van der Waals surface area contributed by atoms with Crippen LogP contribution in [-0.4, -0.2) is 108 Å². The molecule has 7 aliphatic rings. The summed E-state index contributed by atoms with van der Waals surface area (Å²) in [6.45, 7) is 25.2. The van der Waals surface area contributed by atoms with Crippen molar-refractivity contribution in [1.82, 2.24) is 34.8 Å². The van der Waals surface area contributed by atoms with Crippen molar-refractivity contribution < 1.29 is 27.6 Å². The van der Waals surface area contributed by atoms with Gasteiger partial charge in [0.2, 0.25) is 17.7 Å². The van der Waals surface area contributed by atoms with E-state index in [1.54, 1.807) is 11.0 Å². The first-order valence-electron chi connectivity index (χ1n) is 22.8. The minimum absolute atomic E-state index is 0.0109. The normalized spacial score (nSPS) is 32.7. The van der Waals surface area contributed by atoms with Crippen molar-refractivity contribution >= 4 is 33.8 Å². The summed E-state index contributed by atoms with van der Waals surface area (Å²) in [6, 6.07) is -1.93. The Bertz CT molecular complexity index is 1810. The number of hydrogen-bond acceptors (Lipinski definition) is 8. The van der Waals surface area contributed by atoms with Gasteiger partial charge in [0, 0.05) is 48.7 Å². The molecular weight excluding hydrogens is 767 g/mol. The monoisotopic (exact) mass is 840 g/mol. The van der Waals surface area contributed by atoms with Crippen molar-refractivity contribution in [1.29, 1.82) is 0 Å². The number of likely N-dealkylation sites (tertiary alicyclic amines) is 2. The Balaban J connectivity index is 1.15. The summed E-state index contributed by atoms with van der Waals surface area (Å²) in [6.07, 6.45) is 14.0. The third-order valence-corrected chi connectivity index (χ3v) is 18.1. The van der Waals surface area contributed by atoms with Crippen LogP contribution in [-0.2, 0) is 29.4 Å². The zero-order valence-electron chi connectivity index (χ0n) is 37.0. The molecule has 3 aliphatic heterocycles. The summed E-state index contributed by atoms with van der Waals surface area (Å²) in [4.78, 5) is 62.8. The molecule has 0 aromatic rings. The number of carbonyl (C=O) groups excluding carboxylic acids is 4. The number of carbonyl (C=O) groups is 4. The molecule has 2 unspecified atom stereocenters. The minimum Gasteiger partial charge on any atom is -0.376 e. The highest BCUT2D eigenvalue weighted by Gasteiger charge is 2.85. The number of amides is 4. The lowest BCUT2D eigenvalue weighted by Crippen LogP contribution is -2.62. The molecule has 13 nitrogen and oxygen atoms in total. The Morgan fingerprint density at radius 2 is 1.46 bits per heavy atom. The molecule has 4 aliphatic carbocycles. The molecule has 4 N–H and O–H groups in total. The molecular formula is C45H73N7O6S. The van der Waals surface area contributed by atoms with Gasteiger partial charge in [0.15, 0.2) is 0 Å². The lowest BCUT2D eigenvalue weighted by atomic mass is 9.73. The lowest BCUT2D eigenvalue weighted by molar-refractivity contribution is -0.145. The van der Waals surface area contributed by atoms with Crippen LogP contribution in [0.4, 0.5) is 0 Å². The quantitative estimate of drug-likeness (QED) is 0.183. The highest BCUT2D eigenvalue weighted by molar-refractivity contribution is 7.87. The molecule has 3 heterocycles. The zero-order valence-corrected chi connectivity index (χ0v) is 37.8. The van der Waals surface area contributed by atoms with Crippen LogP contribution in [0, 0.1) is 33.5 Å². The van der Waals surface area contributed by atoms with E-state index in [0.717, 1.165) is 89.3 Å². The molecule has 4 saturated carbocycles. The Kier molecular flexibility index (Phi) is 11.8. The first-order valence-corrected chi connectivity index (χ1v) is 24.2. The summed E-state index contributed by atoms with van der Waals surface area (Å²) in [5.74, 6) is -2.16. The number of rotatable bonds is 14. The number of fused-ring (bicyclic) bond motifs is 1. The van der Waals surface area contributed by atoms with Crippen LogP contribution < -0.4 is 20.7 Å². The molecule has 7 rings (SSSR count).